The smallest absolute Gasteiger partial charge is 0.281 e. The zero-order valence-electron chi connectivity index (χ0n) is 14.6. The molecule has 4 nitrogen and oxygen atoms in total. The topological polar surface area (TPSA) is 40.6 Å². The Bertz CT molecular complexity index is 285. The standard InChI is InChI=1S/C16H32N2O2S2/c1-5-9-13-21-15(19)17(7-3)11-12-18(8-4)16(20)22-14-10-6-2/h5-14H2,1-4H3. The molecule has 6 heteroatoms. The number of likely N-dealkylation sites (N-methyl/N-ethyl adjacent to an activating group) is 2. The van der Waals surface area contributed by atoms with Gasteiger partial charge in [0.25, 0.3) is 10.5 Å². The van der Waals surface area contributed by atoms with E-state index >= 15 is 0 Å². The average molecular weight is 349 g/mol. The summed E-state index contributed by atoms with van der Waals surface area (Å²) in [6.45, 7) is 10.9. The van der Waals surface area contributed by atoms with Crippen molar-refractivity contribution in [3.05, 3.63) is 0 Å². The van der Waals surface area contributed by atoms with Crippen LogP contribution < -0.4 is 0 Å². The molecular weight excluding hydrogens is 316 g/mol. The second-order valence-electron chi connectivity index (χ2n) is 5.10. The van der Waals surface area contributed by atoms with Gasteiger partial charge in [-0.3, -0.25) is 9.59 Å². The summed E-state index contributed by atoms with van der Waals surface area (Å²) in [5.41, 5.74) is 0. The van der Waals surface area contributed by atoms with Crippen LogP contribution in [0.2, 0.25) is 0 Å². The maximum atomic E-state index is 12.1. The van der Waals surface area contributed by atoms with Crippen molar-refractivity contribution in [2.75, 3.05) is 37.7 Å². The number of unbranched alkanes of at least 4 members (excludes halogenated alkanes) is 2. The van der Waals surface area contributed by atoms with Crippen molar-refractivity contribution < 1.29 is 9.59 Å². The Balaban J connectivity index is 4.20. The maximum absolute atomic E-state index is 12.1. The minimum absolute atomic E-state index is 0.137. The van der Waals surface area contributed by atoms with E-state index in [4.69, 9.17) is 0 Å². The molecule has 0 atom stereocenters. The molecule has 0 heterocycles. The van der Waals surface area contributed by atoms with Crippen molar-refractivity contribution in [3.8, 4) is 0 Å². The first-order valence-electron chi connectivity index (χ1n) is 8.43. The van der Waals surface area contributed by atoms with Crippen LogP contribution in [0, 0.1) is 0 Å². The molecule has 0 aromatic heterocycles. The molecule has 0 spiro atoms. The summed E-state index contributed by atoms with van der Waals surface area (Å²) in [6, 6.07) is 0. The molecule has 0 fully saturated rings. The first-order valence-corrected chi connectivity index (χ1v) is 10.4. The Kier molecular flexibility index (Phi) is 14.0. The summed E-state index contributed by atoms with van der Waals surface area (Å²) in [5.74, 6) is 1.77. The Morgan fingerprint density at radius 3 is 1.36 bits per heavy atom. The predicted molar refractivity (Wildman–Crippen MR) is 100 cm³/mol. The van der Waals surface area contributed by atoms with Gasteiger partial charge in [0, 0.05) is 37.7 Å². The van der Waals surface area contributed by atoms with E-state index in [0.29, 0.717) is 26.2 Å². The molecule has 0 aromatic rings. The third-order valence-corrected chi connectivity index (χ3v) is 5.36. The molecule has 0 bridgehead atoms. The predicted octanol–water partition coefficient (Wildman–Crippen LogP) is 4.94. The molecular formula is C16H32N2O2S2. The molecule has 2 amide bonds. The lowest BCUT2D eigenvalue weighted by Crippen LogP contribution is -2.38. The molecule has 0 aromatic carbocycles. The fourth-order valence-corrected chi connectivity index (χ4v) is 3.81. The second kappa shape index (κ2) is 14.2. The van der Waals surface area contributed by atoms with E-state index in [-0.39, 0.29) is 10.5 Å². The van der Waals surface area contributed by atoms with Gasteiger partial charge in [-0.05, 0) is 26.7 Å². The highest BCUT2D eigenvalue weighted by Crippen LogP contribution is 2.13. The summed E-state index contributed by atoms with van der Waals surface area (Å²) in [6.07, 6.45) is 4.36. The molecule has 130 valence electrons. The first-order chi connectivity index (χ1) is 10.6. The van der Waals surface area contributed by atoms with E-state index in [1.54, 1.807) is 0 Å². The molecule has 0 aliphatic carbocycles. The summed E-state index contributed by atoms with van der Waals surface area (Å²) < 4.78 is 0. The third kappa shape index (κ3) is 9.62. The van der Waals surface area contributed by atoms with Gasteiger partial charge in [-0.1, -0.05) is 50.2 Å². The number of hydrogen-bond donors (Lipinski definition) is 0. The van der Waals surface area contributed by atoms with Crippen LogP contribution >= 0.6 is 23.5 Å². The Morgan fingerprint density at radius 1 is 0.727 bits per heavy atom. The van der Waals surface area contributed by atoms with E-state index in [2.05, 4.69) is 13.8 Å². The fraction of sp³-hybridized carbons (Fsp3) is 0.875. The van der Waals surface area contributed by atoms with Crippen molar-refractivity contribution in [3.63, 3.8) is 0 Å². The molecule has 0 saturated carbocycles. The van der Waals surface area contributed by atoms with Gasteiger partial charge in [-0.25, -0.2) is 0 Å². The minimum atomic E-state index is 0.137. The molecule has 0 radical (unpaired) electrons. The lowest BCUT2D eigenvalue weighted by Gasteiger charge is -2.26. The van der Waals surface area contributed by atoms with Crippen LogP contribution in [0.25, 0.3) is 0 Å². The number of carbonyl (C=O) groups excluding carboxylic acids is 2. The van der Waals surface area contributed by atoms with E-state index in [1.807, 2.05) is 23.6 Å². The van der Waals surface area contributed by atoms with Crippen molar-refractivity contribution in [1.29, 1.82) is 0 Å². The number of hydrogen-bond acceptors (Lipinski definition) is 4. The number of nitrogens with zero attached hydrogens (tertiary/aromatic N) is 2. The Hall–Kier alpha value is -0.360. The first kappa shape index (κ1) is 21.6. The van der Waals surface area contributed by atoms with Crippen LogP contribution in [0.5, 0.6) is 0 Å². The summed E-state index contributed by atoms with van der Waals surface area (Å²) >= 11 is 2.79. The van der Waals surface area contributed by atoms with Crippen molar-refractivity contribution in [2.24, 2.45) is 0 Å². The number of thioether (sulfide) groups is 2. The quantitative estimate of drug-likeness (QED) is 0.496. The highest BCUT2D eigenvalue weighted by Gasteiger charge is 2.16. The van der Waals surface area contributed by atoms with E-state index in [0.717, 1.165) is 37.2 Å². The normalized spacial score (nSPS) is 10.5. The van der Waals surface area contributed by atoms with Gasteiger partial charge >= 0.3 is 0 Å². The van der Waals surface area contributed by atoms with Crippen LogP contribution in [0.3, 0.4) is 0 Å². The minimum Gasteiger partial charge on any atom is -0.332 e. The van der Waals surface area contributed by atoms with E-state index in [1.165, 1.54) is 23.5 Å². The summed E-state index contributed by atoms with van der Waals surface area (Å²) in [7, 11) is 0. The number of rotatable bonds is 11. The molecule has 0 aliphatic heterocycles. The van der Waals surface area contributed by atoms with Crippen LogP contribution in [-0.2, 0) is 0 Å². The molecule has 22 heavy (non-hydrogen) atoms. The number of carbonyl (C=O) groups is 2. The largest absolute Gasteiger partial charge is 0.332 e. The Labute approximate surface area is 144 Å². The lowest BCUT2D eigenvalue weighted by molar-refractivity contribution is 0.205. The van der Waals surface area contributed by atoms with Gasteiger partial charge in [0.15, 0.2) is 0 Å². The average Bonchev–Trinajstić information content (AvgIpc) is 2.52. The highest BCUT2D eigenvalue weighted by molar-refractivity contribution is 8.13. The van der Waals surface area contributed by atoms with Gasteiger partial charge in [-0.15, -0.1) is 0 Å². The highest BCUT2D eigenvalue weighted by atomic mass is 32.2. The van der Waals surface area contributed by atoms with Crippen LogP contribution in [0.15, 0.2) is 0 Å². The molecule has 0 unspecified atom stereocenters. The van der Waals surface area contributed by atoms with Gasteiger partial charge < -0.3 is 9.80 Å². The van der Waals surface area contributed by atoms with Crippen molar-refractivity contribution in [2.45, 2.75) is 53.4 Å². The maximum Gasteiger partial charge on any atom is 0.281 e. The molecule has 0 N–H and O–H groups in total. The van der Waals surface area contributed by atoms with Gasteiger partial charge in [-0.2, -0.15) is 0 Å². The van der Waals surface area contributed by atoms with Crippen LogP contribution in [0.4, 0.5) is 9.59 Å². The molecule has 0 rings (SSSR count). The lowest BCUT2D eigenvalue weighted by atomic mass is 10.4. The third-order valence-electron chi connectivity index (χ3n) is 3.37. The van der Waals surface area contributed by atoms with Gasteiger partial charge in [0.2, 0.25) is 0 Å². The Morgan fingerprint density at radius 2 is 1.09 bits per heavy atom. The van der Waals surface area contributed by atoms with Gasteiger partial charge in [0.1, 0.15) is 0 Å². The summed E-state index contributed by atoms with van der Waals surface area (Å²) in [5, 5.41) is 0.274. The summed E-state index contributed by atoms with van der Waals surface area (Å²) in [4.78, 5) is 27.9. The van der Waals surface area contributed by atoms with Crippen LogP contribution in [-0.4, -0.2) is 58.0 Å². The van der Waals surface area contributed by atoms with E-state index < -0.39 is 0 Å². The van der Waals surface area contributed by atoms with Crippen LogP contribution in [0.1, 0.15) is 53.4 Å². The zero-order valence-corrected chi connectivity index (χ0v) is 16.2. The van der Waals surface area contributed by atoms with Crippen molar-refractivity contribution >= 4 is 34.0 Å². The van der Waals surface area contributed by atoms with Gasteiger partial charge in [0.05, 0.1) is 0 Å². The molecule has 0 saturated heterocycles. The molecule has 0 aliphatic rings. The second-order valence-corrected chi connectivity index (χ2v) is 7.19. The fourth-order valence-electron chi connectivity index (χ4n) is 1.79. The van der Waals surface area contributed by atoms with Crippen molar-refractivity contribution in [1.82, 2.24) is 9.80 Å². The number of amides is 2. The zero-order chi connectivity index (χ0) is 16.8. The van der Waals surface area contributed by atoms with E-state index in [9.17, 15) is 9.59 Å². The monoisotopic (exact) mass is 348 g/mol. The SMILES string of the molecule is CCCCSC(=O)N(CC)CCN(CC)C(=O)SCCCC.